The first-order valence-electron chi connectivity index (χ1n) is 5.54. The molecule has 1 aromatic heterocycles. The van der Waals surface area contributed by atoms with E-state index in [1.54, 1.807) is 6.33 Å². The summed E-state index contributed by atoms with van der Waals surface area (Å²) in [6.45, 7) is 8.48. The van der Waals surface area contributed by atoms with E-state index in [2.05, 4.69) is 41.4 Å². The summed E-state index contributed by atoms with van der Waals surface area (Å²) in [5, 5.41) is 7.01. The standard InChI is InChI=1S/C11H20N4/c1-11(2,3)15-5-8-4-9-10(6-12-8)14-7-13-9/h7-8,12,15H,4-6H2,1-3H3,(H,13,14). The Morgan fingerprint density at radius 2 is 2.33 bits per heavy atom. The number of H-pyrrole nitrogens is 1. The predicted octanol–water partition coefficient (Wildman–Crippen LogP) is 0.812. The van der Waals surface area contributed by atoms with Crippen molar-refractivity contribution >= 4 is 0 Å². The molecule has 0 radical (unpaired) electrons. The van der Waals surface area contributed by atoms with E-state index in [1.165, 1.54) is 11.4 Å². The van der Waals surface area contributed by atoms with Crippen LogP contribution in [0.1, 0.15) is 32.2 Å². The molecule has 0 spiro atoms. The minimum Gasteiger partial charge on any atom is -0.347 e. The molecule has 2 rings (SSSR count). The number of fused-ring (bicyclic) bond motifs is 1. The third kappa shape index (κ3) is 2.79. The third-order valence-corrected chi connectivity index (χ3v) is 2.69. The molecule has 2 heterocycles. The minimum absolute atomic E-state index is 0.188. The number of imidazole rings is 1. The number of nitrogens with one attached hydrogen (secondary N) is 3. The smallest absolute Gasteiger partial charge is 0.0925 e. The van der Waals surface area contributed by atoms with Gasteiger partial charge in [-0.1, -0.05) is 0 Å². The van der Waals surface area contributed by atoms with E-state index in [-0.39, 0.29) is 5.54 Å². The molecule has 4 heteroatoms. The number of hydrogen-bond acceptors (Lipinski definition) is 3. The van der Waals surface area contributed by atoms with E-state index < -0.39 is 0 Å². The zero-order chi connectivity index (χ0) is 10.9. The Morgan fingerprint density at radius 1 is 1.53 bits per heavy atom. The Balaban J connectivity index is 1.88. The van der Waals surface area contributed by atoms with Gasteiger partial charge in [-0.15, -0.1) is 0 Å². The SMILES string of the molecule is CC(C)(C)NCC1Cc2nc[nH]c2CN1. The van der Waals surface area contributed by atoms with Crippen LogP contribution in [-0.4, -0.2) is 28.1 Å². The lowest BCUT2D eigenvalue weighted by atomic mass is 10.0. The van der Waals surface area contributed by atoms with Crippen LogP contribution in [0.3, 0.4) is 0 Å². The Kier molecular flexibility index (Phi) is 2.80. The molecule has 0 saturated carbocycles. The van der Waals surface area contributed by atoms with E-state index in [4.69, 9.17) is 0 Å². The lowest BCUT2D eigenvalue weighted by Gasteiger charge is -2.28. The van der Waals surface area contributed by atoms with Crippen LogP contribution in [-0.2, 0) is 13.0 Å². The third-order valence-electron chi connectivity index (χ3n) is 2.69. The van der Waals surface area contributed by atoms with Crippen LogP contribution in [0.4, 0.5) is 0 Å². The van der Waals surface area contributed by atoms with E-state index in [9.17, 15) is 0 Å². The van der Waals surface area contributed by atoms with Crippen LogP contribution in [0.5, 0.6) is 0 Å². The molecule has 0 aliphatic carbocycles. The monoisotopic (exact) mass is 208 g/mol. The Labute approximate surface area is 90.9 Å². The van der Waals surface area contributed by atoms with Crippen molar-refractivity contribution in [2.75, 3.05) is 6.54 Å². The molecule has 0 bridgehead atoms. The summed E-state index contributed by atoms with van der Waals surface area (Å²) in [6.07, 6.45) is 2.80. The molecule has 15 heavy (non-hydrogen) atoms. The molecule has 1 aliphatic rings. The molecule has 1 aromatic rings. The molecule has 0 saturated heterocycles. The van der Waals surface area contributed by atoms with Gasteiger partial charge in [0.25, 0.3) is 0 Å². The largest absolute Gasteiger partial charge is 0.347 e. The summed E-state index contributed by atoms with van der Waals surface area (Å²) in [7, 11) is 0. The summed E-state index contributed by atoms with van der Waals surface area (Å²) >= 11 is 0. The van der Waals surface area contributed by atoms with Gasteiger partial charge in [-0.25, -0.2) is 4.98 Å². The highest BCUT2D eigenvalue weighted by Crippen LogP contribution is 2.12. The van der Waals surface area contributed by atoms with Crippen LogP contribution in [0, 0.1) is 0 Å². The van der Waals surface area contributed by atoms with Gasteiger partial charge >= 0.3 is 0 Å². The molecule has 0 amide bonds. The van der Waals surface area contributed by atoms with Gasteiger partial charge < -0.3 is 15.6 Å². The van der Waals surface area contributed by atoms with Gasteiger partial charge in [0.15, 0.2) is 0 Å². The number of nitrogens with zero attached hydrogens (tertiary/aromatic N) is 1. The summed E-state index contributed by atoms with van der Waals surface area (Å²) in [4.78, 5) is 7.48. The van der Waals surface area contributed by atoms with Gasteiger partial charge in [0.05, 0.1) is 17.7 Å². The van der Waals surface area contributed by atoms with Crippen LogP contribution in [0.25, 0.3) is 0 Å². The average molecular weight is 208 g/mol. The van der Waals surface area contributed by atoms with Gasteiger partial charge in [-0.2, -0.15) is 0 Å². The normalized spacial score (nSPS) is 21.4. The van der Waals surface area contributed by atoms with Crippen LogP contribution >= 0.6 is 0 Å². The second-order valence-electron chi connectivity index (χ2n) is 5.24. The summed E-state index contributed by atoms with van der Waals surface area (Å²) < 4.78 is 0. The predicted molar refractivity (Wildman–Crippen MR) is 60.7 cm³/mol. The van der Waals surface area contributed by atoms with Gasteiger partial charge in [0.1, 0.15) is 0 Å². The van der Waals surface area contributed by atoms with E-state index in [1.807, 2.05) is 0 Å². The van der Waals surface area contributed by atoms with Crippen molar-refractivity contribution in [1.82, 2.24) is 20.6 Å². The summed E-state index contributed by atoms with van der Waals surface area (Å²) in [6, 6.07) is 0.500. The number of rotatable bonds is 2. The number of aromatic amines is 1. The fourth-order valence-electron chi connectivity index (χ4n) is 1.80. The first kappa shape index (κ1) is 10.6. The van der Waals surface area contributed by atoms with E-state index in [0.717, 1.165) is 19.5 Å². The van der Waals surface area contributed by atoms with Gasteiger partial charge in [0, 0.05) is 31.1 Å². The quantitative estimate of drug-likeness (QED) is 0.674. The average Bonchev–Trinajstić information content (AvgIpc) is 2.60. The summed E-state index contributed by atoms with van der Waals surface area (Å²) in [5.74, 6) is 0. The lowest BCUT2D eigenvalue weighted by molar-refractivity contribution is 0.364. The fraction of sp³-hybridized carbons (Fsp3) is 0.727. The van der Waals surface area contributed by atoms with Crippen molar-refractivity contribution in [3.05, 3.63) is 17.7 Å². The zero-order valence-electron chi connectivity index (χ0n) is 9.72. The lowest BCUT2D eigenvalue weighted by Crippen LogP contribution is -2.48. The van der Waals surface area contributed by atoms with Gasteiger partial charge in [0.2, 0.25) is 0 Å². The maximum atomic E-state index is 4.33. The molecule has 84 valence electrons. The van der Waals surface area contributed by atoms with Crippen molar-refractivity contribution in [2.45, 2.75) is 45.3 Å². The molecular formula is C11H20N4. The van der Waals surface area contributed by atoms with E-state index >= 15 is 0 Å². The number of hydrogen-bond donors (Lipinski definition) is 3. The molecule has 4 nitrogen and oxygen atoms in total. The van der Waals surface area contributed by atoms with Crippen LogP contribution in [0.2, 0.25) is 0 Å². The fourth-order valence-corrected chi connectivity index (χ4v) is 1.80. The minimum atomic E-state index is 0.188. The molecule has 1 aliphatic heterocycles. The second-order valence-corrected chi connectivity index (χ2v) is 5.24. The van der Waals surface area contributed by atoms with Crippen molar-refractivity contribution in [3.8, 4) is 0 Å². The summed E-state index contributed by atoms with van der Waals surface area (Å²) in [5.41, 5.74) is 2.64. The van der Waals surface area contributed by atoms with Crippen molar-refractivity contribution in [3.63, 3.8) is 0 Å². The van der Waals surface area contributed by atoms with Crippen molar-refractivity contribution < 1.29 is 0 Å². The van der Waals surface area contributed by atoms with E-state index in [0.29, 0.717) is 6.04 Å². The maximum Gasteiger partial charge on any atom is 0.0925 e. The highest BCUT2D eigenvalue weighted by molar-refractivity contribution is 5.15. The maximum absolute atomic E-state index is 4.33. The first-order chi connectivity index (χ1) is 7.04. The molecule has 0 fully saturated rings. The molecule has 1 unspecified atom stereocenters. The zero-order valence-corrected chi connectivity index (χ0v) is 9.72. The first-order valence-corrected chi connectivity index (χ1v) is 5.54. The molecule has 0 aromatic carbocycles. The highest BCUT2D eigenvalue weighted by Gasteiger charge is 2.21. The Hall–Kier alpha value is -0.870. The van der Waals surface area contributed by atoms with Crippen LogP contribution < -0.4 is 10.6 Å². The Bertz CT molecular complexity index is 324. The topological polar surface area (TPSA) is 52.7 Å². The molecule has 3 N–H and O–H groups in total. The second kappa shape index (κ2) is 3.94. The van der Waals surface area contributed by atoms with Crippen LogP contribution in [0.15, 0.2) is 6.33 Å². The Morgan fingerprint density at radius 3 is 3.07 bits per heavy atom. The number of aromatic nitrogens is 2. The highest BCUT2D eigenvalue weighted by atomic mass is 15.1. The van der Waals surface area contributed by atoms with Gasteiger partial charge in [-0.05, 0) is 20.8 Å². The van der Waals surface area contributed by atoms with Gasteiger partial charge in [-0.3, -0.25) is 0 Å². The van der Waals surface area contributed by atoms with Crippen molar-refractivity contribution in [1.29, 1.82) is 0 Å². The molecule has 1 atom stereocenters. The molecular weight excluding hydrogens is 188 g/mol. The van der Waals surface area contributed by atoms with Crippen molar-refractivity contribution in [2.24, 2.45) is 0 Å².